The molecule has 0 bridgehead atoms. The Morgan fingerprint density at radius 2 is 0.741 bits per heavy atom. The van der Waals surface area contributed by atoms with E-state index in [0.717, 1.165) is 96.3 Å². The lowest BCUT2D eigenvalue weighted by atomic mass is 9.98. The van der Waals surface area contributed by atoms with Crippen molar-refractivity contribution in [1.82, 2.24) is 0 Å². The smallest absolute Gasteiger partial charge is 0.335 e. The van der Waals surface area contributed by atoms with Crippen LogP contribution < -0.4 is 0 Å². The van der Waals surface area contributed by atoms with Gasteiger partial charge in [0.1, 0.15) is 18.8 Å². The first-order chi connectivity index (χ1) is 39.6. The van der Waals surface area contributed by atoms with Crippen molar-refractivity contribution in [2.45, 2.75) is 366 Å². The molecular weight excluding hydrogens is 1020 g/mol. The van der Waals surface area contributed by atoms with Crippen LogP contribution in [0.5, 0.6) is 0 Å². The number of hydrogen-bond acceptors (Lipinski definition) is 11. The number of esters is 3. The molecule has 6 atom stereocenters. The van der Waals surface area contributed by atoms with E-state index < -0.39 is 67.3 Å². The van der Waals surface area contributed by atoms with Crippen LogP contribution in [0.25, 0.3) is 0 Å². The summed E-state index contributed by atoms with van der Waals surface area (Å²) >= 11 is 0. The van der Waals surface area contributed by atoms with Gasteiger partial charge in [-0.05, 0) is 77.0 Å². The van der Waals surface area contributed by atoms with Gasteiger partial charge >= 0.3 is 23.9 Å². The van der Waals surface area contributed by atoms with Crippen LogP contribution in [-0.2, 0) is 42.9 Å². The minimum absolute atomic E-state index is 0.0530. The predicted octanol–water partition coefficient (Wildman–Crippen LogP) is 18.4. The van der Waals surface area contributed by atoms with Gasteiger partial charge in [-0.3, -0.25) is 14.4 Å². The van der Waals surface area contributed by atoms with E-state index in [9.17, 15) is 34.5 Å². The predicted molar refractivity (Wildman–Crippen MR) is 331 cm³/mol. The molecule has 0 aromatic carbocycles. The zero-order valence-corrected chi connectivity index (χ0v) is 52.3. The van der Waals surface area contributed by atoms with Crippen molar-refractivity contribution in [3.05, 3.63) is 36.5 Å². The molecule has 0 amide bonds. The number of aliphatic carboxylic acids is 1. The molecule has 1 saturated heterocycles. The van der Waals surface area contributed by atoms with Gasteiger partial charge in [-0.1, -0.05) is 269 Å². The summed E-state index contributed by atoms with van der Waals surface area (Å²) in [7, 11) is 0. The maximum atomic E-state index is 13.2. The fourth-order valence-electron chi connectivity index (χ4n) is 10.5. The van der Waals surface area contributed by atoms with E-state index >= 15 is 0 Å². The van der Waals surface area contributed by atoms with E-state index in [-0.39, 0.29) is 25.9 Å². The van der Waals surface area contributed by atoms with Gasteiger partial charge in [0.25, 0.3) is 0 Å². The minimum Gasteiger partial charge on any atom is -0.479 e. The van der Waals surface area contributed by atoms with Crippen LogP contribution in [0.2, 0.25) is 0 Å². The van der Waals surface area contributed by atoms with E-state index in [2.05, 4.69) is 57.2 Å². The monoisotopic (exact) mass is 1140 g/mol. The molecule has 6 unspecified atom stereocenters. The fourth-order valence-corrected chi connectivity index (χ4v) is 10.5. The largest absolute Gasteiger partial charge is 0.479 e. The number of aliphatic hydroxyl groups is 2. The topological polar surface area (TPSA) is 175 Å². The molecule has 1 fully saturated rings. The van der Waals surface area contributed by atoms with Crippen molar-refractivity contribution in [1.29, 1.82) is 0 Å². The van der Waals surface area contributed by atoms with E-state index in [0.29, 0.717) is 19.3 Å². The zero-order valence-electron chi connectivity index (χ0n) is 52.3. The van der Waals surface area contributed by atoms with Crippen LogP contribution >= 0.6 is 0 Å². The number of allylic oxidation sites excluding steroid dienone is 6. The Hall–Kier alpha value is -3.06. The molecule has 0 aliphatic carbocycles. The van der Waals surface area contributed by atoms with Gasteiger partial charge in [0, 0.05) is 19.3 Å². The molecule has 12 heteroatoms. The average Bonchev–Trinajstić information content (AvgIpc) is 3.52. The number of ether oxygens (including phenoxy) is 5. The molecular formula is C69H124O12. The summed E-state index contributed by atoms with van der Waals surface area (Å²) in [6.45, 7) is 6.01. The van der Waals surface area contributed by atoms with Gasteiger partial charge in [-0.15, -0.1) is 0 Å². The molecule has 0 radical (unpaired) electrons. The summed E-state index contributed by atoms with van der Waals surface area (Å²) in [5.74, 6) is -3.10. The molecule has 1 heterocycles. The highest BCUT2D eigenvalue weighted by Gasteiger charge is 2.50. The van der Waals surface area contributed by atoms with Crippen molar-refractivity contribution >= 4 is 23.9 Å². The molecule has 472 valence electrons. The van der Waals surface area contributed by atoms with Crippen molar-refractivity contribution < 1.29 is 58.2 Å². The first-order valence-electron chi connectivity index (χ1n) is 34.0. The zero-order chi connectivity index (χ0) is 58.9. The highest BCUT2D eigenvalue weighted by Crippen LogP contribution is 2.27. The molecule has 81 heavy (non-hydrogen) atoms. The second kappa shape index (κ2) is 57.4. The number of carbonyl (C=O) groups is 4. The molecule has 1 rings (SSSR count). The van der Waals surface area contributed by atoms with Crippen molar-refractivity contribution in [3.8, 4) is 0 Å². The Kier molecular flexibility index (Phi) is 53.8. The second-order valence-electron chi connectivity index (χ2n) is 23.5. The summed E-state index contributed by atoms with van der Waals surface area (Å²) in [6, 6.07) is 0. The lowest BCUT2D eigenvalue weighted by molar-refractivity contribution is -0.301. The van der Waals surface area contributed by atoms with Gasteiger partial charge in [-0.25, -0.2) is 4.79 Å². The maximum absolute atomic E-state index is 13.2. The van der Waals surface area contributed by atoms with Crippen LogP contribution in [0.4, 0.5) is 0 Å². The lowest BCUT2D eigenvalue weighted by Crippen LogP contribution is -2.61. The molecule has 0 aromatic heterocycles. The molecule has 0 spiro atoms. The highest BCUT2D eigenvalue weighted by atomic mass is 16.7. The average molecular weight is 1150 g/mol. The van der Waals surface area contributed by atoms with Gasteiger partial charge < -0.3 is 39.0 Å². The second-order valence-corrected chi connectivity index (χ2v) is 23.5. The van der Waals surface area contributed by atoms with Crippen molar-refractivity contribution in [3.63, 3.8) is 0 Å². The Morgan fingerprint density at radius 1 is 0.407 bits per heavy atom. The van der Waals surface area contributed by atoms with Crippen molar-refractivity contribution in [2.24, 2.45) is 0 Å². The Balaban J connectivity index is 2.64. The van der Waals surface area contributed by atoms with Gasteiger partial charge in [-0.2, -0.15) is 0 Å². The fraction of sp³-hybridized carbons (Fsp3) is 0.855. The summed E-state index contributed by atoms with van der Waals surface area (Å²) < 4.78 is 28.6. The molecule has 1 aliphatic rings. The SMILES string of the molecule is CCCCC/C=C\C/C=C\CCCCCCCCCC(=O)OC(COC(=O)CCCCCCCCCCCCCCCCCCCCC)COC1OC(C(=O)O)C(O)C(O)C1OC(=O)CCCCCCC/C=C\CCCCCCCC. The highest BCUT2D eigenvalue weighted by molar-refractivity contribution is 5.74. The Labute approximate surface area is 495 Å². The summed E-state index contributed by atoms with van der Waals surface area (Å²) in [6.07, 6.45) is 56.7. The molecule has 0 aromatic rings. The van der Waals surface area contributed by atoms with Crippen molar-refractivity contribution in [2.75, 3.05) is 13.2 Å². The third-order valence-electron chi connectivity index (χ3n) is 15.7. The number of rotatable bonds is 59. The summed E-state index contributed by atoms with van der Waals surface area (Å²) in [5, 5.41) is 31.6. The maximum Gasteiger partial charge on any atom is 0.335 e. The van der Waals surface area contributed by atoms with Crippen LogP contribution in [0.1, 0.15) is 329 Å². The van der Waals surface area contributed by atoms with Gasteiger partial charge in [0.05, 0.1) is 6.61 Å². The van der Waals surface area contributed by atoms with Gasteiger partial charge in [0.2, 0.25) is 0 Å². The molecule has 12 nitrogen and oxygen atoms in total. The summed E-state index contributed by atoms with van der Waals surface area (Å²) in [5.41, 5.74) is 0. The lowest BCUT2D eigenvalue weighted by Gasteiger charge is -2.40. The Morgan fingerprint density at radius 3 is 1.15 bits per heavy atom. The van der Waals surface area contributed by atoms with Crippen LogP contribution in [0.15, 0.2) is 36.5 Å². The molecule has 0 saturated carbocycles. The number of unbranched alkanes of at least 4 members (excludes halogenated alkanes) is 39. The van der Waals surface area contributed by atoms with Crippen LogP contribution in [0.3, 0.4) is 0 Å². The quantitative estimate of drug-likeness (QED) is 0.0228. The standard InChI is InChI=1S/C69H124O12/c1-4-7-10-13-16-19-22-25-28-30-31-33-35-37-40-43-46-49-52-55-61(70)77-58-60(79-62(71)56-53-50-47-44-41-39-36-32-29-26-23-20-17-14-11-8-5-2)59-78-69-67(65(74)64(73)66(81-69)68(75)76)80-63(72)57-54-51-48-45-42-38-34-27-24-21-18-15-12-9-6-3/h17,20,26-27,29,34,60,64-67,69,73-74H,4-16,18-19,21-25,28,30-33,35-59H2,1-3H3,(H,75,76)/b20-17-,29-26-,34-27-. The van der Waals surface area contributed by atoms with Crippen LogP contribution in [0, 0.1) is 0 Å². The first kappa shape index (κ1) is 76.0. The molecule has 3 N–H and O–H groups in total. The number of carboxylic acids is 1. The van der Waals surface area contributed by atoms with Crippen LogP contribution in [-0.4, -0.2) is 89.2 Å². The number of carboxylic acid groups (broad SMARTS) is 1. The van der Waals surface area contributed by atoms with E-state index in [1.807, 2.05) is 0 Å². The van der Waals surface area contributed by atoms with Gasteiger partial charge in [0.15, 0.2) is 24.6 Å². The Bertz CT molecular complexity index is 1550. The number of aliphatic hydroxyl groups excluding tert-OH is 2. The summed E-state index contributed by atoms with van der Waals surface area (Å²) in [4.78, 5) is 51.4. The number of hydrogen-bond donors (Lipinski definition) is 3. The van der Waals surface area contributed by atoms with E-state index in [1.165, 1.54) is 173 Å². The normalized spacial score (nSPS) is 17.9. The minimum atomic E-state index is -1.90. The van der Waals surface area contributed by atoms with E-state index in [4.69, 9.17) is 23.7 Å². The third kappa shape index (κ3) is 46.9. The molecule has 1 aliphatic heterocycles. The first-order valence-corrected chi connectivity index (χ1v) is 34.0. The van der Waals surface area contributed by atoms with E-state index in [1.54, 1.807) is 0 Å². The third-order valence-corrected chi connectivity index (χ3v) is 15.7. The number of carbonyl (C=O) groups excluding carboxylic acids is 3.